The molecule has 212 valence electrons. The second-order valence-corrected chi connectivity index (χ2v) is 12.0. The molecule has 2 fully saturated rings. The van der Waals surface area contributed by atoms with E-state index in [9.17, 15) is 9.59 Å². The van der Waals surface area contributed by atoms with Crippen LogP contribution in [0.25, 0.3) is 11.6 Å². The molecule has 0 radical (unpaired) electrons. The first kappa shape index (κ1) is 27.2. The summed E-state index contributed by atoms with van der Waals surface area (Å²) in [4.78, 5) is 39.7. The number of piperidine rings is 1. The number of carbonyl (C=O) groups excluding carboxylic acids is 2. The molecule has 2 amide bonds. The number of aryl methyl sites for hydroxylation is 1. The highest BCUT2D eigenvalue weighted by molar-refractivity contribution is 7.09. The van der Waals surface area contributed by atoms with Gasteiger partial charge in [-0.2, -0.15) is 0 Å². The number of anilines is 1. The van der Waals surface area contributed by atoms with Gasteiger partial charge in [0.2, 0.25) is 11.8 Å². The molecule has 10 nitrogen and oxygen atoms in total. The molecule has 11 heteroatoms. The lowest BCUT2D eigenvalue weighted by atomic mass is 9.94. The van der Waals surface area contributed by atoms with Crippen LogP contribution in [0.1, 0.15) is 77.6 Å². The monoisotopic (exact) mass is 571 g/mol. The molecule has 0 unspecified atom stereocenters. The average Bonchev–Trinajstić information content (AvgIpc) is 3.74. The van der Waals surface area contributed by atoms with Gasteiger partial charge in [0.25, 0.3) is 11.8 Å². The molecule has 41 heavy (non-hydrogen) atoms. The van der Waals surface area contributed by atoms with Crippen molar-refractivity contribution in [2.45, 2.75) is 64.0 Å². The lowest BCUT2D eigenvalue weighted by Crippen LogP contribution is -2.36. The smallest absolute Gasteiger partial charge is 0.266 e. The van der Waals surface area contributed by atoms with E-state index in [-0.39, 0.29) is 29.6 Å². The van der Waals surface area contributed by atoms with Crippen LogP contribution in [-0.2, 0) is 16.8 Å². The Kier molecular flexibility index (Phi) is 7.39. The predicted octanol–water partition coefficient (Wildman–Crippen LogP) is 4.81. The molecule has 2 aliphatic rings. The standard InChI is InChI=1S/C30H33N7O3S/c1-19-18-41-27(32-19)23-11-8-14-36(23)28(39)21-15-22(33-24(16-21)37-13-7-6-12-25(37)38)26-34-35-29(40-26)30(2,31)17-20-9-4-3-5-10-20/h3-5,9-10,15-16,18,23H,6-8,11-14,17,31H2,1-2H3/t23-,30+/m1/s1. The maximum Gasteiger partial charge on any atom is 0.266 e. The van der Waals surface area contributed by atoms with Crippen LogP contribution in [0.3, 0.4) is 0 Å². The van der Waals surface area contributed by atoms with E-state index in [0.717, 1.165) is 41.9 Å². The van der Waals surface area contributed by atoms with Crippen LogP contribution >= 0.6 is 11.3 Å². The van der Waals surface area contributed by atoms with Gasteiger partial charge in [-0.25, -0.2) is 9.97 Å². The van der Waals surface area contributed by atoms with Crippen molar-refractivity contribution in [3.8, 4) is 11.6 Å². The number of carbonyl (C=O) groups is 2. The zero-order valence-corrected chi connectivity index (χ0v) is 24.1. The van der Waals surface area contributed by atoms with Crippen LogP contribution in [-0.4, -0.2) is 50.0 Å². The van der Waals surface area contributed by atoms with Crippen molar-refractivity contribution in [1.82, 2.24) is 25.1 Å². The van der Waals surface area contributed by atoms with Crippen molar-refractivity contribution in [3.05, 3.63) is 75.6 Å². The summed E-state index contributed by atoms with van der Waals surface area (Å²) < 4.78 is 6.08. The number of pyridine rings is 1. The van der Waals surface area contributed by atoms with Crippen LogP contribution in [0.15, 0.2) is 52.3 Å². The first-order chi connectivity index (χ1) is 19.8. The van der Waals surface area contributed by atoms with Gasteiger partial charge in [0.1, 0.15) is 16.5 Å². The average molecular weight is 572 g/mol. The third kappa shape index (κ3) is 5.64. The number of nitrogens with zero attached hydrogens (tertiary/aromatic N) is 6. The van der Waals surface area contributed by atoms with Gasteiger partial charge in [-0.3, -0.25) is 14.5 Å². The molecule has 0 aliphatic carbocycles. The van der Waals surface area contributed by atoms with Crippen molar-refractivity contribution in [3.63, 3.8) is 0 Å². The molecule has 0 bridgehead atoms. The van der Waals surface area contributed by atoms with Crippen LogP contribution in [0.4, 0.5) is 5.82 Å². The van der Waals surface area contributed by atoms with Gasteiger partial charge in [0.15, 0.2) is 0 Å². The number of rotatable bonds is 7. The normalized spacial score (nSPS) is 19.0. The molecule has 2 N–H and O–H groups in total. The zero-order valence-electron chi connectivity index (χ0n) is 23.2. The van der Waals surface area contributed by atoms with Crippen LogP contribution in [0.2, 0.25) is 0 Å². The summed E-state index contributed by atoms with van der Waals surface area (Å²) in [6, 6.07) is 13.2. The van der Waals surface area contributed by atoms with E-state index in [1.54, 1.807) is 28.4 Å². The molecule has 5 heterocycles. The maximum atomic E-state index is 14.0. The van der Waals surface area contributed by atoms with Gasteiger partial charge < -0.3 is 15.1 Å². The van der Waals surface area contributed by atoms with E-state index in [1.807, 2.05) is 54.5 Å². The summed E-state index contributed by atoms with van der Waals surface area (Å²) in [6.45, 7) is 4.98. The summed E-state index contributed by atoms with van der Waals surface area (Å²) in [6.07, 6.45) is 4.41. The van der Waals surface area contributed by atoms with E-state index in [4.69, 9.17) is 15.1 Å². The summed E-state index contributed by atoms with van der Waals surface area (Å²) in [7, 11) is 0. The van der Waals surface area contributed by atoms with E-state index < -0.39 is 5.54 Å². The first-order valence-electron chi connectivity index (χ1n) is 14.0. The number of benzene rings is 1. The van der Waals surface area contributed by atoms with Crippen LogP contribution in [0.5, 0.6) is 0 Å². The largest absolute Gasteiger partial charge is 0.417 e. The molecule has 2 saturated heterocycles. The lowest BCUT2D eigenvalue weighted by molar-refractivity contribution is -0.119. The zero-order chi connectivity index (χ0) is 28.6. The Balaban J connectivity index is 1.35. The number of thiazole rings is 1. The number of aromatic nitrogens is 4. The molecule has 0 saturated carbocycles. The lowest BCUT2D eigenvalue weighted by Gasteiger charge is -2.27. The fourth-order valence-corrected chi connectivity index (χ4v) is 6.49. The number of nitrogens with two attached hydrogens (primary N) is 1. The molecular formula is C30H33N7O3S. The van der Waals surface area contributed by atoms with Crippen molar-refractivity contribution in [1.29, 1.82) is 0 Å². The molecule has 3 aromatic heterocycles. The predicted molar refractivity (Wildman–Crippen MR) is 155 cm³/mol. The Hall–Kier alpha value is -3.96. The van der Waals surface area contributed by atoms with Gasteiger partial charge in [0, 0.05) is 36.1 Å². The molecule has 6 rings (SSSR count). The molecule has 2 aliphatic heterocycles. The maximum absolute atomic E-state index is 14.0. The fourth-order valence-electron chi connectivity index (χ4n) is 5.55. The van der Waals surface area contributed by atoms with Gasteiger partial charge in [0.05, 0.1) is 11.6 Å². The van der Waals surface area contributed by atoms with E-state index >= 15 is 0 Å². The number of likely N-dealkylation sites (tertiary alicyclic amines) is 1. The summed E-state index contributed by atoms with van der Waals surface area (Å²) in [5.74, 6) is 0.682. The SMILES string of the molecule is Cc1csc([C@H]2CCCN2C(=O)c2cc(-c3nnc([C@@](C)(N)Cc4ccccc4)o3)nc(N3CCCCC3=O)c2)n1. The van der Waals surface area contributed by atoms with Gasteiger partial charge in [-0.05, 0) is 63.6 Å². The Bertz CT molecular complexity index is 1570. The Morgan fingerprint density at radius 1 is 1.12 bits per heavy atom. The highest BCUT2D eigenvalue weighted by Gasteiger charge is 2.34. The van der Waals surface area contributed by atoms with E-state index in [1.165, 1.54) is 0 Å². The Morgan fingerprint density at radius 2 is 1.95 bits per heavy atom. The Morgan fingerprint density at radius 3 is 2.71 bits per heavy atom. The van der Waals surface area contributed by atoms with Crippen LogP contribution < -0.4 is 10.6 Å². The van der Waals surface area contributed by atoms with E-state index in [2.05, 4.69) is 15.2 Å². The minimum absolute atomic E-state index is 0.0137. The summed E-state index contributed by atoms with van der Waals surface area (Å²) >= 11 is 1.58. The summed E-state index contributed by atoms with van der Waals surface area (Å²) in [5, 5.41) is 11.5. The van der Waals surface area contributed by atoms with Gasteiger partial charge in [-0.15, -0.1) is 21.5 Å². The number of amides is 2. The number of hydrogen-bond donors (Lipinski definition) is 1. The third-order valence-corrected chi connectivity index (χ3v) is 8.70. The summed E-state index contributed by atoms with van der Waals surface area (Å²) in [5.41, 5.74) is 8.46. The second kappa shape index (κ2) is 11.1. The molecule has 2 atom stereocenters. The van der Waals surface area contributed by atoms with Gasteiger partial charge >= 0.3 is 0 Å². The Labute approximate surface area is 242 Å². The highest BCUT2D eigenvalue weighted by Crippen LogP contribution is 2.36. The molecule has 1 aromatic carbocycles. The van der Waals surface area contributed by atoms with Crippen molar-refractivity contribution < 1.29 is 14.0 Å². The highest BCUT2D eigenvalue weighted by atomic mass is 32.1. The quantitative estimate of drug-likeness (QED) is 0.334. The van der Waals surface area contributed by atoms with Gasteiger partial charge in [-0.1, -0.05) is 30.3 Å². The second-order valence-electron chi connectivity index (χ2n) is 11.1. The number of hydrogen-bond acceptors (Lipinski definition) is 9. The van der Waals surface area contributed by atoms with Crippen molar-refractivity contribution in [2.24, 2.45) is 5.73 Å². The minimum Gasteiger partial charge on any atom is -0.417 e. The molecule has 0 spiro atoms. The topological polar surface area (TPSA) is 131 Å². The van der Waals surface area contributed by atoms with E-state index in [0.29, 0.717) is 43.0 Å². The molecule has 4 aromatic rings. The minimum atomic E-state index is -0.916. The van der Waals surface area contributed by atoms with Crippen LogP contribution in [0, 0.1) is 6.92 Å². The molecular weight excluding hydrogens is 538 g/mol. The fraction of sp³-hybridized carbons (Fsp3) is 0.400. The van der Waals surface area contributed by atoms with Crippen molar-refractivity contribution in [2.75, 3.05) is 18.0 Å². The third-order valence-electron chi connectivity index (χ3n) is 7.64. The van der Waals surface area contributed by atoms with Crippen molar-refractivity contribution >= 4 is 29.0 Å². The first-order valence-corrected chi connectivity index (χ1v) is 14.9.